The summed E-state index contributed by atoms with van der Waals surface area (Å²) in [5, 5.41) is 11.7. The Bertz CT molecular complexity index is 560. The number of anilines is 1. The molecule has 2 rings (SSSR count). The molecule has 1 aromatic carbocycles. The van der Waals surface area contributed by atoms with E-state index in [9.17, 15) is 4.79 Å². The predicted octanol–water partition coefficient (Wildman–Crippen LogP) is 3.14. The van der Waals surface area contributed by atoms with Crippen LogP contribution in [0.3, 0.4) is 0 Å². The highest BCUT2D eigenvalue weighted by atomic mass is 16.2. The van der Waals surface area contributed by atoms with Gasteiger partial charge < -0.3 is 10.2 Å². The van der Waals surface area contributed by atoms with E-state index in [1.807, 2.05) is 4.90 Å². The number of nitriles is 1. The molecule has 0 aromatic heterocycles. The fraction of sp³-hybridized carbons (Fsp3) is 0.556. The lowest BCUT2D eigenvalue weighted by molar-refractivity contribution is 0.136. The molecule has 1 aliphatic rings. The Morgan fingerprint density at radius 3 is 2.30 bits per heavy atom. The largest absolute Gasteiger partial charge is 0.322 e. The van der Waals surface area contributed by atoms with E-state index in [0.29, 0.717) is 11.0 Å². The van der Waals surface area contributed by atoms with Gasteiger partial charge in [-0.25, -0.2) is 4.79 Å². The molecule has 1 aromatic rings. The zero-order valence-electron chi connectivity index (χ0n) is 14.3. The molecule has 0 spiro atoms. The molecule has 0 aliphatic carbocycles. The van der Waals surface area contributed by atoms with E-state index in [0.717, 1.165) is 38.4 Å². The highest BCUT2D eigenvalue weighted by Gasteiger charge is 2.22. The van der Waals surface area contributed by atoms with Crippen LogP contribution in [0.5, 0.6) is 0 Å². The van der Waals surface area contributed by atoms with E-state index in [2.05, 4.69) is 37.1 Å². The maximum atomic E-state index is 12.3. The summed E-state index contributed by atoms with van der Waals surface area (Å²) in [5.74, 6) is 0. The number of hydrogen-bond donors (Lipinski definition) is 1. The Labute approximate surface area is 138 Å². The highest BCUT2D eigenvalue weighted by molar-refractivity contribution is 5.89. The molecule has 1 saturated heterocycles. The highest BCUT2D eigenvalue weighted by Crippen LogP contribution is 2.19. The van der Waals surface area contributed by atoms with Crippen molar-refractivity contribution < 1.29 is 4.79 Å². The average molecular weight is 314 g/mol. The maximum Gasteiger partial charge on any atom is 0.321 e. The number of benzene rings is 1. The number of carbonyl (C=O) groups excluding carboxylic acids is 1. The summed E-state index contributed by atoms with van der Waals surface area (Å²) in [6.07, 6.45) is 1.17. The van der Waals surface area contributed by atoms with Gasteiger partial charge in [-0.1, -0.05) is 20.8 Å². The summed E-state index contributed by atoms with van der Waals surface area (Å²) in [7, 11) is 0. The van der Waals surface area contributed by atoms with Crippen molar-refractivity contribution in [3.05, 3.63) is 29.8 Å². The van der Waals surface area contributed by atoms with Crippen molar-refractivity contribution in [3.8, 4) is 6.07 Å². The lowest BCUT2D eigenvalue weighted by Crippen LogP contribution is -2.50. The van der Waals surface area contributed by atoms with Gasteiger partial charge in [0.15, 0.2) is 0 Å². The number of urea groups is 1. The molecule has 1 aliphatic heterocycles. The van der Waals surface area contributed by atoms with Gasteiger partial charge in [-0.05, 0) is 42.6 Å². The summed E-state index contributed by atoms with van der Waals surface area (Å²) in [4.78, 5) is 16.6. The van der Waals surface area contributed by atoms with Crippen molar-refractivity contribution in [3.63, 3.8) is 0 Å². The molecule has 0 atom stereocenters. The van der Waals surface area contributed by atoms with Crippen LogP contribution in [0.25, 0.3) is 0 Å². The molecule has 0 radical (unpaired) electrons. The van der Waals surface area contributed by atoms with Crippen LogP contribution >= 0.6 is 0 Å². The molecule has 5 heteroatoms. The Hall–Kier alpha value is -2.06. The average Bonchev–Trinajstić information content (AvgIpc) is 2.53. The second kappa shape index (κ2) is 7.47. The van der Waals surface area contributed by atoms with Gasteiger partial charge in [-0.2, -0.15) is 5.26 Å². The van der Waals surface area contributed by atoms with Gasteiger partial charge in [0.25, 0.3) is 0 Å². The zero-order chi connectivity index (χ0) is 16.9. The summed E-state index contributed by atoms with van der Waals surface area (Å²) >= 11 is 0. The van der Waals surface area contributed by atoms with Crippen molar-refractivity contribution in [1.82, 2.24) is 9.80 Å². The molecular formula is C18H26N4O. The summed E-state index contributed by atoms with van der Waals surface area (Å²) < 4.78 is 0. The Morgan fingerprint density at radius 2 is 1.78 bits per heavy atom. The predicted molar refractivity (Wildman–Crippen MR) is 92.3 cm³/mol. The minimum Gasteiger partial charge on any atom is -0.322 e. The SMILES string of the molecule is CC(C)(C)CCN1CCN(C(=O)Nc2ccc(C#N)cc2)CC1. The minimum absolute atomic E-state index is 0.0646. The van der Waals surface area contributed by atoms with Gasteiger partial charge in [0.2, 0.25) is 0 Å². The van der Waals surface area contributed by atoms with E-state index in [1.54, 1.807) is 24.3 Å². The fourth-order valence-corrected chi connectivity index (χ4v) is 2.50. The molecule has 0 saturated carbocycles. The van der Waals surface area contributed by atoms with E-state index in [-0.39, 0.29) is 6.03 Å². The third-order valence-corrected chi connectivity index (χ3v) is 4.10. The summed E-state index contributed by atoms with van der Waals surface area (Å²) in [6.45, 7) is 11.2. The second-order valence-electron chi connectivity index (χ2n) is 7.26. The smallest absolute Gasteiger partial charge is 0.321 e. The fourth-order valence-electron chi connectivity index (χ4n) is 2.50. The molecule has 0 bridgehead atoms. The van der Waals surface area contributed by atoms with E-state index in [1.165, 1.54) is 6.42 Å². The molecule has 23 heavy (non-hydrogen) atoms. The van der Waals surface area contributed by atoms with Crippen LogP contribution in [0.2, 0.25) is 0 Å². The van der Waals surface area contributed by atoms with Crippen molar-refractivity contribution in [1.29, 1.82) is 5.26 Å². The van der Waals surface area contributed by atoms with Crippen molar-refractivity contribution in [2.75, 3.05) is 38.0 Å². The molecule has 2 amide bonds. The number of nitrogens with zero attached hydrogens (tertiary/aromatic N) is 3. The lowest BCUT2D eigenvalue weighted by Gasteiger charge is -2.35. The first-order valence-corrected chi connectivity index (χ1v) is 8.16. The molecule has 0 unspecified atom stereocenters. The van der Waals surface area contributed by atoms with Gasteiger partial charge in [0, 0.05) is 31.9 Å². The van der Waals surface area contributed by atoms with E-state index < -0.39 is 0 Å². The second-order valence-corrected chi connectivity index (χ2v) is 7.26. The van der Waals surface area contributed by atoms with Gasteiger partial charge in [0.05, 0.1) is 11.6 Å². The normalized spacial score (nSPS) is 16.0. The van der Waals surface area contributed by atoms with Crippen molar-refractivity contribution in [2.24, 2.45) is 5.41 Å². The molecule has 124 valence electrons. The van der Waals surface area contributed by atoms with E-state index in [4.69, 9.17) is 5.26 Å². The first-order chi connectivity index (χ1) is 10.9. The van der Waals surface area contributed by atoms with Crippen molar-refractivity contribution >= 4 is 11.7 Å². The topological polar surface area (TPSA) is 59.4 Å². The Kier molecular flexibility index (Phi) is 5.62. The van der Waals surface area contributed by atoms with Crippen LogP contribution in [0.1, 0.15) is 32.8 Å². The molecule has 1 N–H and O–H groups in total. The first kappa shape index (κ1) is 17.3. The van der Waals surface area contributed by atoms with Crippen molar-refractivity contribution in [2.45, 2.75) is 27.2 Å². The van der Waals surface area contributed by atoms with Gasteiger partial charge in [0.1, 0.15) is 0 Å². The number of nitrogens with one attached hydrogen (secondary N) is 1. The first-order valence-electron chi connectivity index (χ1n) is 8.16. The summed E-state index contributed by atoms with van der Waals surface area (Å²) in [6, 6.07) is 8.94. The zero-order valence-corrected chi connectivity index (χ0v) is 14.3. The van der Waals surface area contributed by atoms with Gasteiger partial charge in [-0.3, -0.25) is 4.90 Å². The quantitative estimate of drug-likeness (QED) is 0.932. The van der Waals surface area contributed by atoms with Crippen LogP contribution in [-0.2, 0) is 0 Å². The van der Waals surface area contributed by atoms with Crippen LogP contribution in [0.4, 0.5) is 10.5 Å². The standard InChI is InChI=1S/C18H26N4O/c1-18(2,3)8-9-21-10-12-22(13-11-21)17(23)20-16-6-4-15(14-19)5-7-16/h4-7H,8-13H2,1-3H3,(H,20,23). The van der Waals surface area contributed by atoms with Crippen LogP contribution in [0, 0.1) is 16.7 Å². The summed E-state index contributed by atoms with van der Waals surface area (Å²) in [5.41, 5.74) is 1.67. The van der Waals surface area contributed by atoms with Crippen LogP contribution < -0.4 is 5.32 Å². The van der Waals surface area contributed by atoms with Gasteiger partial charge >= 0.3 is 6.03 Å². The molecule has 1 fully saturated rings. The molecule has 5 nitrogen and oxygen atoms in total. The minimum atomic E-state index is -0.0646. The van der Waals surface area contributed by atoms with Crippen LogP contribution in [0.15, 0.2) is 24.3 Å². The number of rotatable bonds is 3. The number of piperazine rings is 1. The Balaban J connectivity index is 1.78. The Morgan fingerprint density at radius 1 is 1.17 bits per heavy atom. The maximum absolute atomic E-state index is 12.3. The monoisotopic (exact) mass is 314 g/mol. The number of carbonyl (C=O) groups is 1. The lowest BCUT2D eigenvalue weighted by atomic mass is 9.92. The molecular weight excluding hydrogens is 288 g/mol. The van der Waals surface area contributed by atoms with Crippen LogP contribution in [-0.4, -0.2) is 48.6 Å². The number of amides is 2. The third kappa shape index (κ3) is 5.57. The number of hydrogen-bond acceptors (Lipinski definition) is 3. The van der Waals surface area contributed by atoms with Gasteiger partial charge in [-0.15, -0.1) is 0 Å². The third-order valence-electron chi connectivity index (χ3n) is 4.10. The van der Waals surface area contributed by atoms with E-state index >= 15 is 0 Å². The molecule has 1 heterocycles.